The first-order valence-corrected chi connectivity index (χ1v) is 52.7. The Morgan fingerprint density at radius 2 is 0.814 bits per heavy atom. The number of hydrogen-bond acceptors (Lipinski definition) is 9. The maximum atomic E-state index is 12.8. The molecule has 4 aliphatic heterocycles. The molecule has 7 aliphatic rings. The average Bonchev–Trinajstić information content (AvgIpc) is 1.02. The Labute approximate surface area is 685 Å². The first-order chi connectivity index (χ1) is 50.1. The summed E-state index contributed by atoms with van der Waals surface area (Å²) in [6.07, 6.45) is 12.2. The molecule has 3 aliphatic carbocycles. The van der Waals surface area contributed by atoms with Crippen molar-refractivity contribution in [1.82, 2.24) is 0 Å². The molecule has 9 nitrogen and oxygen atoms in total. The Morgan fingerprint density at radius 3 is 1.28 bits per heavy atom. The molecule has 18 heteroatoms. The van der Waals surface area contributed by atoms with Crippen LogP contribution in [0.15, 0.2) is 305 Å². The summed E-state index contributed by atoms with van der Waals surface area (Å²) in [5.74, 6) is -0.403. The van der Waals surface area contributed by atoms with Crippen LogP contribution in [0.2, 0.25) is 3.97 Å². The monoisotopic (exact) mass is 2370 g/mol. The molecule has 0 saturated heterocycles. The van der Waals surface area contributed by atoms with Crippen molar-refractivity contribution in [2.45, 2.75) is 16.4 Å². The number of para-hydroxylation sites is 7. The molecule has 0 spiro atoms. The van der Waals surface area contributed by atoms with E-state index >= 15 is 0 Å². The standard InChI is InChI=1S/C26H15NO2Te2.C17H11NOTe2.C16H13NTe2.C12H9NTe.C9H6O2.C4H3ITe/c28-25-17-7-1-2-8-18(17)26(29)19(25)15-16-13-14-24(30-16)27-20-9-3-5-11-22(20)31-23-12-6-4-10-21(23)27;19-11-12-9-10-17(20-12)18-13-5-1-3-7-15(13)21-16-8-4-2-6-14(16)18;1-3-8-14-12(6-1)17(16-10-5-11-18-16)13-7-2-4-9-15(13)19-14;1-3-7-11-9(5-1)13-10-6-2-4-8-12(10)14-11;10-8-5-9(11)7-4-2-1-3-6(7)8;5-4-2-1-3-6-4/h1-15H;1-11H;1-12,14H;1-8,13H;1-4H,5H2;1-3H. The van der Waals surface area contributed by atoms with Crippen LogP contribution in [0.1, 0.15) is 59.8 Å². The summed E-state index contributed by atoms with van der Waals surface area (Å²) in [5, 5.41) is 3.47. The minimum atomic E-state index is -0.738. The molecule has 498 valence electrons. The van der Waals surface area contributed by atoms with E-state index in [0.717, 1.165) is 17.4 Å². The van der Waals surface area contributed by atoms with Crippen molar-refractivity contribution < 1.29 is 24.0 Å². The SMILES string of the molecule is C1=CC2[Te]c3ccccc3N(c3ccc[te]3)C2C=C1.Ic1ccc[te]1.O=C1C(=Cc2ccc(N3c4ccccc4[Te]c4ccccc43)[te]2)C(=O)c2ccccc21.O=C1CC(=O)c2ccccc21.O=Cc1ccc(N2c3ccccc3[Te]c3ccccc32)[te]1.c1ccc2c(c1)Nc1ccccc1[Te]2. The summed E-state index contributed by atoms with van der Waals surface area (Å²) in [7, 11) is 0. The molecule has 0 radical (unpaired) electrons. The summed E-state index contributed by atoms with van der Waals surface area (Å²) in [6, 6.07) is 92.9. The van der Waals surface area contributed by atoms with Crippen molar-refractivity contribution in [2.75, 3.05) is 20.0 Å². The zero-order valence-electron chi connectivity index (χ0n) is 53.9. The second-order valence-electron chi connectivity index (χ2n) is 23.3. The Morgan fingerprint density at radius 1 is 0.392 bits per heavy atom. The van der Waals surface area contributed by atoms with E-state index < -0.39 is 61.8 Å². The van der Waals surface area contributed by atoms with Crippen LogP contribution in [0, 0.1) is 1.59 Å². The summed E-state index contributed by atoms with van der Waals surface area (Å²) < 4.78 is 23.7. The first-order valence-electron chi connectivity index (χ1n) is 32.4. The van der Waals surface area contributed by atoms with Gasteiger partial charge >= 0.3 is 633 Å². The fourth-order valence-corrected chi connectivity index (χ4v) is 34.7. The van der Waals surface area contributed by atoms with Crippen LogP contribution in [-0.4, -0.2) is 201 Å². The predicted molar refractivity (Wildman–Crippen MR) is 435 cm³/mol. The number of carbonyl (C=O) groups excluding carboxylic acids is 5. The summed E-state index contributed by atoms with van der Waals surface area (Å²) in [6.45, 7) is 0. The molecule has 102 heavy (non-hydrogen) atoms. The molecule has 9 aromatic carbocycles. The van der Waals surface area contributed by atoms with E-state index in [1.165, 1.54) is 68.9 Å². The second kappa shape index (κ2) is 34.1. The normalized spacial score (nSPS) is 15.3. The molecule has 1 N–H and O–H groups in total. The summed E-state index contributed by atoms with van der Waals surface area (Å²) in [5.41, 5.74) is 11.8. The van der Waals surface area contributed by atoms with Gasteiger partial charge in [-0.2, -0.15) is 0 Å². The van der Waals surface area contributed by atoms with Crippen molar-refractivity contribution in [2.24, 2.45) is 0 Å². The van der Waals surface area contributed by atoms with Crippen molar-refractivity contribution in [1.29, 1.82) is 0 Å². The van der Waals surface area contributed by atoms with Crippen molar-refractivity contribution in [3.05, 3.63) is 336 Å². The number of fused-ring (bicyclic) bond motifs is 10. The number of hydrogen-bond donors (Lipinski definition) is 1. The Balaban J connectivity index is 0.000000105. The Hall–Kier alpha value is -5.28. The number of aldehydes is 1. The van der Waals surface area contributed by atoms with Crippen LogP contribution in [0.5, 0.6) is 0 Å². The summed E-state index contributed by atoms with van der Waals surface area (Å²) >= 11 is 0.123. The first kappa shape index (κ1) is 72.3. The molecule has 2 unspecified atom stereocenters. The number of anilines is 10. The number of halogens is 1. The van der Waals surface area contributed by atoms with Crippen LogP contribution in [0.25, 0.3) is 6.08 Å². The molecule has 4 aromatic heterocycles. The number of Topliss-reactive ketones (excluding diaryl/α,β-unsaturated/α-hetero) is 4. The predicted octanol–water partition coefficient (Wildman–Crippen LogP) is 12.3. The zero-order chi connectivity index (χ0) is 69.5. The van der Waals surface area contributed by atoms with E-state index in [2.05, 4.69) is 287 Å². The van der Waals surface area contributed by atoms with Crippen LogP contribution in [0.4, 0.5) is 50.9 Å². The van der Waals surface area contributed by atoms with Gasteiger partial charge in [-0.15, -0.1) is 0 Å². The van der Waals surface area contributed by atoms with E-state index in [1.54, 1.807) is 45.3 Å². The second-order valence-corrected chi connectivity index (χ2v) is 51.1. The average molecular weight is 2350 g/mol. The Kier molecular flexibility index (Phi) is 24.2. The van der Waals surface area contributed by atoms with Gasteiger partial charge in [-0.1, -0.05) is 24.3 Å². The van der Waals surface area contributed by atoms with Gasteiger partial charge in [0, 0.05) is 11.1 Å². The van der Waals surface area contributed by atoms with Gasteiger partial charge in [0.2, 0.25) is 0 Å². The van der Waals surface area contributed by atoms with Crippen LogP contribution in [0.3, 0.4) is 0 Å². The summed E-state index contributed by atoms with van der Waals surface area (Å²) in [4.78, 5) is 66.1. The van der Waals surface area contributed by atoms with Crippen LogP contribution in [-0.2, 0) is 0 Å². The molecule has 20 rings (SSSR count). The van der Waals surface area contributed by atoms with E-state index in [4.69, 9.17) is 0 Å². The third kappa shape index (κ3) is 16.2. The van der Waals surface area contributed by atoms with Gasteiger partial charge < -0.3 is 0 Å². The van der Waals surface area contributed by atoms with E-state index in [0.29, 0.717) is 33.9 Å². The van der Waals surface area contributed by atoms with Crippen molar-refractivity contribution in [3.63, 3.8) is 0 Å². The van der Waals surface area contributed by atoms with Crippen molar-refractivity contribution in [3.8, 4) is 0 Å². The minimum absolute atomic E-state index is 0.0504. The van der Waals surface area contributed by atoms with E-state index in [-0.39, 0.29) is 133 Å². The number of rotatable bonds is 5. The molecule has 8 heterocycles. The number of nitrogens with one attached hydrogen (secondary N) is 1. The van der Waals surface area contributed by atoms with Crippen molar-refractivity contribution >= 4 is 300 Å². The van der Waals surface area contributed by atoms with E-state index in [1.807, 2.05) is 24.3 Å². The fourth-order valence-electron chi connectivity index (χ4n) is 12.3. The molecule has 0 amide bonds. The Bertz CT molecular complexity index is 5160. The molecule has 0 bridgehead atoms. The third-order valence-electron chi connectivity index (χ3n) is 16.9. The van der Waals surface area contributed by atoms with Gasteiger partial charge in [0.05, 0.1) is 6.42 Å². The fraction of sp³-hybridized carbons (Fsp3) is 0.0357. The van der Waals surface area contributed by atoms with E-state index in [9.17, 15) is 24.0 Å². The van der Waals surface area contributed by atoms with Gasteiger partial charge in [0.1, 0.15) is 0 Å². The topological polar surface area (TPSA) is 107 Å². The molecule has 13 aromatic rings. The maximum absolute atomic E-state index is 12.8. The molecule has 2 atom stereocenters. The quantitative estimate of drug-likeness (QED) is 0.0450. The molecule has 0 saturated carbocycles. The third-order valence-corrected chi connectivity index (χ3v) is 42.5. The van der Waals surface area contributed by atoms with Gasteiger partial charge in [-0.05, 0) is 0 Å². The molecular weight excluding hydrogens is 2290 g/mol. The van der Waals surface area contributed by atoms with Gasteiger partial charge in [0.25, 0.3) is 0 Å². The zero-order valence-corrected chi connectivity index (χ0v) is 74.7. The van der Waals surface area contributed by atoms with Gasteiger partial charge in [-0.25, -0.2) is 0 Å². The number of nitrogens with zero attached hydrogens (tertiary/aromatic N) is 3. The number of benzene rings is 9. The number of allylic oxidation sites excluding steroid dienone is 3. The van der Waals surface area contributed by atoms with Crippen LogP contribution < -0.4 is 45.3 Å². The number of ketones is 4. The van der Waals surface area contributed by atoms with Crippen LogP contribution >= 0.6 is 22.6 Å². The molecular formula is C84H57IN4O5Te8. The van der Waals surface area contributed by atoms with Gasteiger partial charge in [0.15, 0.2) is 11.6 Å². The molecule has 0 fully saturated rings. The van der Waals surface area contributed by atoms with Gasteiger partial charge in [-0.3, -0.25) is 9.59 Å². The number of carbonyl (C=O) groups is 5.